The van der Waals surface area contributed by atoms with Gasteiger partial charge in [0.25, 0.3) is 10.0 Å². The van der Waals surface area contributed by atoms with Gasteiger partial charge in [-0.1, -0.05) is 6.92 Å². The fraction of sp³-hybridized carbons (Fsp3) is 0.333. The van der Waals surface area contributed by atoms with Crippen LogP contribution in [0, 0.1) is 0 Å². The number of benzene rings is 1. The third kappa shape index (κ3) is 3.57. The molecule has 1 saturated carbocycles. The van der Waals surface area contributed by atoms with Crippen LogP contribution in [-0.2, 0) is 16.4 Å². The molecule has 2 N–H and O–H groups in total. The van der Waals surface area contributed by atoms with Gasteiger partial charge in [-0.3, -0.25) is 4.72 Å². The van der Waals surface area contributed by atoms with Gasteiger partial charge >= 0.3 is 0 Å². The van der Waals surface area contributed by atoms with Gasteiger partial charge in [-0.15, -0.1) is 11.3 Å². The molecule has 4 nitrogen and oxygen atoms in total. The quantitative estimate of drug-likeness (QED) is 0.853. The number of aryl methyl sites for hydroxylation is 1. The Bertz CT molecular complexity index is 716. The SMILES string of the molecule is CCc1ccc(S(=O)(=O)Nc2ccc(NC3CC3)cc2)s1. The van der Waals surface area contributed by atoms with E-state index in [-0.39, 0.29) is 0 Å². The molecule has 1 aromatic carbocycles. The topological polar surface area (TPSA) is 58.2 Å². The van der Waals surface area contributed by atoms with Crippen LogP contribution in [-0.4, -0.2) is 14.5 Å². The summed E-state index contributed by atoms with van der Waals surface area (Å²) in [6, 6.07) is 11.5. The molecule has 0 aliphatic heterocycles. The van der Waals surface area contributed by atoms with Crippen LogP contribution in [0.25, 0.3) is 0 Å². The minimum absolute atomic E-state index is 0.361. The van der Waals surface area contributed by atoms with E-state index >= 15 is 0 Å². The lowest BCUT2D eigenvalue weighted by atomic mass is 10.3. The zero-order chi connectivity index (χ0) is 14.9. The molecule has 0 atom stereocenters. The highest BCUT2D eigenvalue weighted by Crippen LogP contribution is 2.27. The Kier molecular flexibility index (Phi) is 3.91. The summed E-state index contributed by atoms with van der Waals surface area (Å²) in [4.78, 5) is 1.07. The van der Waals surface area contributed by atoms with Crippen molar-refractivity contribution in [2.75, 3.05) is 10.0 Å². The molecule has 1 aromatic heterocycles. The second-order valence-electron chi connectivity index (χ2n) is 5.18. The molecule has 112 valence electrons. The molecule has 21 heavy (non-hydrogen) atoms. The maximum absolute atomic E-state index is 12.3. The van der Waals surface area contributed by atoms with Crippen LogP contribution in [0.2, 0.25) is 0 Å². The monoisotopic (exact) mass is 322 g/mol. The summed E-state index contributed by atoms with van der Waals surface area (Å²) < 4.78 is 27.6. The first-order valence-corrected chi connectivity index (χ1v) is 9.35. The number of hydrogen-bond donors (Lipinski definition) is 2. The molecule has 3 rings (SSSR count). The highest BCUT2D eigenvalue weighted by atomic mass is 32.2. The Morgan fingerprint density at radius 1 is 1.10 bits per heavy atom. The molecule has 0 bridgehead atoms. The van der Waals surface area contributed by atoms with Crippen LogP contribution in [0.15, 0.2) is 40.6 Å². The summed E-state index contributed by atoms with van der Waals surface area (Å²) in [5.74, 6) is 0. The minimum Gasteiger partial charge on any atom is -0.382 e. The van der Waals surface area contributed by atoms with Crippen LogP contribution in [0.5, 0.6) is 0 Å². The van der Waals surface area contributed by atoms with Crippen molar-refractivity contribution in [3.8, 4) is 0 Å². The molecule has 1 fully saturated rings. The van der Waals surface area contributed by atoms with Gasteiger partial charge in [-0.05, 0) is 55.7 Å². The van der Waals surface area contributed by atoms with E-state index in [1.165, 1.54) is 24.2 Å². The van der Waals surface area contributed by atoms with Crippen molar-refractivity contribution < 1.29 is 8.42 Å². The minimum atomic E-state index is -3.48. The summed E-state index contributed by atoms with van der Waals surface area (Å²) in [6.45, 7) is 2.02. The van der Waals surface area contributed by atoms with Gasteiger partial charge in [0, 0.05) is 22.3 Å². The molecule has 0 unspecified atom stereocenters. The maximum atomic E-state index is 12.3. The third-order valence-corrected chi connectivity index (χ3v) is 6.44. The summed E-state index contributed by atoms with van der Waals surface area (Å²) >= 11 is 1.32. The van der Waals surface area contributed by atoms with Crippen molar-refractivity contribution in [3.63, 3.8) is 0 Å². The Balaban J connectivity index is 1.71. The number of nitrogens with one attached hydrogen (secondary N) is 2. The van der Waals surface area contributed by atoms with Gasteiger partial charge in [0.1, 0.15) is 4.21 Å². The lowest BCUT2D eigenvalue weighted by molar-refractivity contribution is 0.603. The highest BCUT2D eigenvalue weighted by molar-refractivity contribution is 7.94. The molecule has 1 aliphatic rings. The summed E-state index contributed by atoms with van der Waals surface area (Å²) in [5.41, 5.74) is 1.62. The fourth-order valence-electron chi connectivity index (χ4n) is 2.00. The Hall–Kier alpha value is -1.53. The van der Waals surface area contributed by atoms with Crippen molar-refractivity contribution in [2.45, 2.75) is 36.4 Å². The first-order valence-electron chi connectivity index (χ1n) is 7.05. The molecule has 0 saturated heterocycles. The van der Waals surface area contributed by atoms with Crippen molar-refractivity contribution in [2.24, 2.45) is 0 Å². The lowest BCUT2D eigenvalue weighted by Gasteiger charge is -2.08. The van der Waals surface area contributed by atoms with Crippen molar-refractivity contribution in [1.29, 1.82) is 0 Å². The van der Waals surface area contributed by atoms with E-state index in [9.17, 15) is 8.42 Å². The lowest BCUT2D eigenvalue weighted by Crippen LogP contribution is -2.11. The molecule has 1 heterocycles. The van der Waals surface area contributed by atoms with Crippen LogP contribution in [0.3, 0.4) is 0 Å². The smallest absolute Gasteiger partial charge is 0.271 e. The number of rotatable bonds is 6. The normalized spacial score (nSPS) is 14.9. The number of thiophene rings is 1. The first kappa shape index (κ1) is 14.4. The zero-order valence-electron chi connectivity index (χ0n) is 11.8. The van der Waals surface area contributed by atoms with Crippen molar-refractivity contribution in [3.05, 3.63) is 41.3 Å². The second-order valence-corrected chi connectivity index (χ2v) is 8.25. The Labute approximate surface area is 129 Å². The second kappa shape index (κ2) is 5.69. The average Bonchev–Trinajstić information content (AvgIpc) is 3.13. The van der Waals surface area contributed by atoms with Gasteiger partial charge in [0.2, 0.25) is 0 Å². The van der Waals surface area contributed by atoms with Crippen LogP contribution in [0.1, 0.15) is 24.6 Å². The third-order valence-electron chi connectivity index (χ3n) is 3.34. The predicted octanol–water partition coefficient (Wildman–Crippen LogP) is 3.69. The van der Waals surface area contributed by atoms with Gasteiger partial charge in [0.05, 0.1) is 0 Å². The number of sulfonamides is 1. The van der Waals surface area contributed by atoms with Gasteiger partial charge in [-0.2, -0.15) is 0 Å². The van der Waals surface area contributed by atoms with E-state index in [4.69, 9.17) is 0 Å². The number of hydrogen-bond acceptors (Lipinski definition) is 4. The van der Waals surface area contributed by atoms with Crippen molar-refractivity contribution >= 4 is 32.7 Å². The zero-order valence-corrected chi connectivity index (χ0v) is 13.4. The van der Waals surface area contributed by atoms with Gasteiger partial charge in [0.15, 0.2) is 0 Å². The standard InChI is InChI=1S/C15H18N2O2S2/c1-2-14-9-10-15(20-14)21(18,19)17-13-7-5-12(6-8-13)16-11-3-4-11/h5-11,16-17H,2-4H2,1H3. The molecule has 0 amide bonds. The highest BCUT2D eigenvalue weighted by Gasteiger charge is 2.21. The number of anilines is 2. The van der Waals surface area contributed by atoms with E-state index in [1.807, 2.05) is 25.1 Å². The molecular weight excluding hydrogens is 304 g/mol. The fourth-order valence-corrected chi connectivity index (χ4v) is 4.35. The van der Waals surface area contributed by atoms with Crippen LogP contribution >= 0.6 is 11.3 Å². The average molecular weight is 322 g/mol. The van der Waals surface area contributed by atoms with Crippen molar-refractivity contribution in [1.82, 2.24) is 0 Å². The maximum Gasteiger partial charge on any atom is 0.271 e. The van der Waals surface area contributed by atoms with Gasteiger partial charge in [-0.25, -0.2) is 8.42 Å². The molecule has 2 aromatic rings. The molecule has 0 radical (unpaired) electrons. The summed E-state index contributed by atoms with van der Waals surface area (Å²) in [5, 5.41) is 3.37. The molecule has 1 aliphatic carbocycles. The molecular formula is C15H18N2O2S2. The first-order chi connectivity index (χ1) is 10.1. The molecule has 6 heteroatoms. The van der Waals surface area contributed by atoms with Crippen LogP contribution in [0.4, 0.5) is 11.4 Å². The summed E-state index contributed by atoms with van der Waals surface area (Å²) in [7, 11) is -3.48. The largest absolute Gasteiger partial charge is 0.382 e. The van der Waals surface area contributed by atoms with E-state index in [0.29, 0.717) is 15.9 Å². The Morgan fingerprint density at radius 3 is 2.33 bits per heavy atom. The molecule has 0 spiro atoms. The van der Waals surface area contributed by atoms with Crippen LogP contribution < -0.4 is 10.0 Å². The van der Waals surface area contributed by atoms with E-state index in [1.54, 1.807) is 18.2 Å². The predicted molar refractivity (Wildman–Crippen MR) is 87.6 cm³/mol. The van der Waals surface area contributed by atoms with Gasteiger partial charge < -0.3 is 5.32 Å². The summed E-state index contributed by atoms with van der Waals surface area (Å²) in [6.07, 6.45) is 3.28. The van der Waals surface area contributed by atoms with E-state index < -0.39 is 10.0 Å². The van der Waals surface area contributed by atoms with E-state index in [0.717, 1.165) is 17.0 Å². The van der Waals surface area contributed by atoms with E-state index in [2.05, 4.69) is 10.0 Å². The Morgan fingerprint density at radius 2 is 1.76 bits per heavy atom.